The molecule has 0 bridgehead atoms. The molecule has 21 heavy (non-hydrogen) atoms. The summed E-state index contributed by atoms with van der Waals surface area (Å²) in [4.78, 5) is 27.3. The highest BCUT2D eigenvalue weighted by molar-refractivity contribution is 5.99. The number of carbonyl (C=O) groups excluding carboxylic acids is 1. The largest absolute Gasteiger partial charge is 0.495 e. The number of amides is 1. The monoisotopic (exact) mass is 290 g/mol. The lowest BCUT2D eigenvalue weighted by atomic mass is 10.1. The number of hydrogen-bond donors (Lipinski definition) is 1. The number of nitrogens with zero attached hydrogens (tertiary/aromatic N) is 4. The number of aromatic carboxylic acids is 1. The van der Waals surface area contributed by atoms with Gasteiger partial charge < -0.3 is 14.7 Å². The van der Waals surface area contributed by atoms with Gasteiger partial charge in [0, 0.05) is 24.4 Å². The van der Waals surface area contributed by atoms with E-state index in [1.165, 1.54) is 30.2 Å². The van der Waals surface area contributed by atoms with Crippen LogP contribution in [0.3, 0.4) is 0 Å². The Balaban J connectivity index is 2.32. The van der Waals surface area contributed by atoms with E-state index in [9.17, 15) is 9.59 Å². The van der Waals surface area contributed by atoms with Gasteiger partial charge in [-0.15, -0.1) is 0 Å². The second-order valence-corrected chi connectivity index (χ2v) is 4.68. The number of carboxylic acid groups (broad SMARTS) is 1. The number of carbonyl (C=O) groups is 2. The molecule has 1 amide bonds. The van der Waals surface area contributed by atoms with E-state index >= 15 is 0 Å². The van der Waals surface area contributed by atoms with Gasteiger partial charge in [-0.25, -0.2) is 4.79 Å². The summed E-state index contributed by atoms with van der Waals surface area (Å²) in [7, 11) is 1.46. The van der Waals surface area contributed by atoms with Crippen LogP contribution in [0.1, 0.15) is 16.8 Å². The van der Waals surface area contributed by atoms with Gasteiger partial charge in [0.15, 0.2) is 0 Å². The van der Waals surface area contributed by atoms with Crippen LogP contribution in [0, 0.1) is 5.92 Å². The van der Waals surface area contributed by atoms with Crippen molar-refractivity contribution in [3.63, 3.8) is 0 Å². The van der Waals surface area contributed by atoms with Gasteiger partial charge in [-0.3, -0.25) is 4.79 Å². The van der Waals surface area contributed by atoms with Crippen LogP contribution < -0.4 is 9.64 Å². The lowest BCUT2D eigenvalue weighted by Gasteiger charge is -2.20. The third kappa shape index (κ3) is 3.06. The van der Waals surface area contributed by atoms with E-state index in [0.717, 1.165) is 0 Å². The lowest BCUT2D eigenvalue weighted by molar-refractivity contribution is -0.117. The van der Waals surface area contributed by atoms with Gasteiger partial charge in [0.1, 0.15) is 5.75 Å². The molecule has 1 aromatic carbocycles. The first-order valence-electron chi connectivity index (χ1n) is 6.29. The van der Waals surface area contributed by atoms with Crippen LogP contribution in [0.25, 0.3) is 10.4 Å². The molecule has 0 aliphatic carbocycles. The second kappa shape index (κ2) is 6.15. The minimum Gasteiger partial charge on any atom is -0.495 e. The average Bonchev–Trinajstić information content (AvgIpc) is 2.85. The Bertz CT molecular complexity index is 625. The zero-order valence-electron chi connectivity index (χ0n) is 11.4. The first kappa shape index (κ1) is 14.7. The Morgan fingerprint density at radius 1 is 1.62 bits per heavy atom. The van der Waals surface area contributed by atoms with Crippen molar-refractivity contribution in [1.82, 2.24) is 0 Å². The number of carboxylic acids is 1. The van der Waals surface area contributed by atoms with E-state index in [1.807, 2.05) is 0 Å². The maximum absolute atomic E-state index is 12.1. The standard InChI is InChI=1S/C13H14N4O4/c1-21-11-3-2-9(13(19)20)5-10(11)17-7-8(4-12(17)18)6-15-16-14/h2-3,5,8H,4,6-7H2,1H3,(H,19,20). The molecular weight excluding hydrogens is 276 g/mol. The first-order chi connectivity index (χ1) is 10.1. The summed E-state index contributed by atoms with van der Waals surface area (Å²) in [5, 5.41) is 12.5. The normalized spacial score (nSPS) is 17.5. The van der Waals surface area contributed by atoms with Crippen molar-refractivity contribution in [2.24, 2.45) is 11.0 Å². The van der Waals surface area contributed by atoms with E-state index in [2.05, 4.69) is 10.0 Å². The fourth-order valence-corrected chi connectivity index (χ4v) is 2.32. The number of azide groups is 1. The van der Waals surface area contributed by atoms with Crippen molar-refractivity contribution in [2.45, 2.75) is 6.42 Å². The Labute approximate surface area is 120 Å². The molecule has 0 radical (unpaired) electrons. The summed E-state index contributed by atoms with van der Waals surface area (Å²) in [6.07, 6.45) is 0.263. The molecule has 1 aliphatic rings. The average molecular weight is 290 g/mol. The molecule has 1 fully saturated rings. The van der Waals surface area contributed by atoms with Gasteiger partial charge in [-0.1, -0.05) is 5.11 Å². The van der Waals surface area contributed by atoms with Crippen LogP contribution in [0.5, 0.6) is 5.75 Å². The molecule has 8 heteroatoms. The van der Waals surface area contributed by atoms with Crippen molar-refractivity contribution in [2.75, 3.05) is 25.1 Å². The number of benzene rings is 1. The summed E-state index contributed by atoms with van der Waals surface area (Å²) < 4.78 is 5.19. The van der Waals surface area contributed by atoms with Crippen LogP contribution >= 0.6 is 0 Å². The van der Waals surface area contributed by atoms with Crippen molar-refractivity contribution in [1.29, 1.82) is 0 Å². The zero-order valence-corrected chi connectivity index (χ0v) is 11.4. The van der Waals surface area contributed by atoms with Crippen LogP contribution in [-0.4, -0.2) is 37.2 Å². The number of ether oxygens (including phenoxy) is 1. The highest BCUT2D eigenvalue weighted by Gasteiger charge is 2.32. The Kier molecular flexibility index (Phi) is 4.30. The van der Waals surface area contributed by atoms with Crippen LogP contribution in [-0.2, 0) is 4.79 Å². The summed E-state index contributed by atoms with van der Waals surface area (Å²) in [6.45, 7) is 0.608. The van der Waals surface area contributed by atoms with E-state index in [4.69, 9.17) is 15.4 Å². The van der Waals surface area contributed by atoms with Crippen molar-refractivity contribution >= 4 is 17.6 Å². The van der Waals surface area contributed by atoms with Gasteiger partial charge >= 0.3 is 5.97 Å². The third-order valence-corrected chi connectivity index (χ3v) is 3.32. The molecule has 0 aromatic heterocycles. The van der Waals surface area contributed by atoms with Crippen LogP contribution in [0.4, 0.5) is 5.69 Å². The summed E-state index contributed by atoms with van der Waals surface area (Å²) >= 11 is 0. The van der Waals surface area contributed by atoms with E-state index in [1.54, 1.807) is 0 Å². The molecule has 1 atom stereocenters. The van der Waals surface area contributed by atoms with Gasteiger partial charge in [-0.2, -0.15) is 0 Å². The molecule has 110 valence electrons. The summed E-state index contributed by atoms with van der Waals surface area (Å²) in [5.41, 5.74) is 8.83. The topological polar surface area (TPSA) is 116 Å². The Morgan fingerprint density at radius 2 is 2.38 bits per heavy atom. The molecule has 8 nitrogen and oxygen atoms in total. The molecule has 1 aliphatic heterocycles. The number of anilines is 1. The van der Waals surface area contributed by atoms with Crippen molar-refractivity contribution in [3.8, 4) is 5.75 Å². The fraction of sp³-hybridized carbons (Fsp3) is 0.385. The fourth-order valence-electron chi connectivity index (χ4n) is 2.32. The zero-order chi connectivity index (χ0) is 15.4. The Morgan fingerprint density at radius 3 is 3.00 bits per heavy atom. The van der Waals surface area contributed by atoms with E-state index < -0.39 is 5.97 Å². The number of rotatable bonds is 5. The molecule has 1 heterocycles. The van der Waals surface area contributed by atoms with Gasteiger partial charge in [0.25, 0.3) is 0 Å². The minimum absolute atomic E-state index is 0.0772. The second-order valence-electron chi connectivity index (χ2n) is 4.68. The SMILES string of the molecule is COc1ccc(C(=O)O)cc1N1CC(CN=[N+]=[N-])CC1=O. The highest BCUT2D eigenvalue weighted by atomic mass is 16.5. The predicted octanol–water partition coefficient (Wildman–Crippen LogP) is 2.06. The first-order valence-corrected chi connectivity index (χ1v) is 6.29. The quantitative estimate of drug-likeness (QED) is 0.507. The number of hydrogen-bond acceptors (Lipinski definition) is 4. The van der Waals surface area contributed by atoms with Gasteiger partial charge in [-0.05, 0) is 29.6 Å². The third-order valence-electron chi connectivity index (χ3n) is 3.32. The molecule has 1 saturated heterocycles. The predicted molar refractivity (Wildman–Crippen MR) is 74.4 cm³/mol. The molecule has 1 N–H and O–H groups in total. The molecule has 0 saturated carbocycles. The number of methoxy groups -OCH3 is 1. The van der Waals surface area contributed by atoms with Gasteiger partial charge in [0.2, 0.25) is 5.91 Å². The summed E-state index contributed by atoms with van der Waals surface area (Å²) in [5.74, 6) is -0.866. The van der Waals surface area contributed by atoms with Crippen LogP contribution in [0.2, 0.25) is 0 Å². The molecule has 0 spiro atoms. The molecule has 1 aromatic rings. The van der Waals surface area contributed by atoms with E-state index in [-0.39, 0.29) is 30.4 Å². The molecule has 2 rings (SSSR count). The minimum atomic E-state index is -1.07. The maximum atomic E-state index is 12.1. The Hall–Kier alpha value is -2.73. The summed E-state index contributed by atoms with van der Waals surface area (Å²) in [6, 6.07) is 4.35. The van der Waals surface area contributed by atoms with E-state index in [0.29, 0.717) is 18.0 Å². The maximum Gasteiger partial charge on any atom is 0.335 e. The van der Waals surface area contributed by atoms with Crippen molar-refractivity contribution < 1.29 is 19.4 Å². The molecule has 1 unspecified atom stereocenters. The lowest BCUT2D eigenvalue weighted by Crippen LogP contribution is -2.25. The smallest absolute Gasteiger partial charge is 0.335 e. The van der Waals surface area contributed by atoms with Crippen molar-refractivity contribution in [3.05, 3.63) is 34.2 Å². The van der Waals surface area contributed by atoms with Crippen LogP contribution in [0.15, 0.2) is 23.3 Å². The molecular formula is C13H14N4O4. The highest BCUT2D eigenvalue weighted by Crippen LogP contribution is 2.34. The van der Waals surface area contributed by atoms with Gasteiger partial charge in [0.05, 0.1) is 18.4 Å².